The van der Waals surface area contributed by atoms with E-state index in [-0.39, 0.29) is 11.7 Å². The normalized spacial score (nSPS) is 19.3. The minimum Gasteiger partial charge on any atom is -0.478 e. The van der Waals surface area contributed by atoms with Gasteiger partial charge in [0.15, 0.2) is 0 Å². The van der Waals surface area contributed by atoms with Crippen molar-refractivity contribution in [2.45, 2.75) is 13.0 Å². The number of ether oxygens (including phenoxy) is 1. The number of aromatic nitrogens is 1. The van der Waals surface area contributed by atoms with Gasteiger partial charge in [-0.05, 0) is 25.1 Å². The van der Waals surface area contributed by atoms with Crippen LogP contribution in [0.3, 0.4) is 0 Å². The van der Waals surface area contributed by atoms with Crippen LogP contribution in [0.4, 0.5) is 5.69 Å². The standard InChI is InChI=1S/C15H16BrN3O3/c1-9-8-19(4-5-22-9)18-14-11-6-10(16)2-3-13(11)17-7-12(14)15(20)21/h2-3,6-7,9H,4-5,8H2,1H3,(H,17,18)(H,20,21). The van der Waals surface area contributed by atoms with Crippen molar-refractivity contribution in [2.75, 3.05) is 25.1 Å². The van der Waals surface area contributed by atoms with Gasteiger partial charge in [0, 0.05) is 29.1 Å². The van der Waals surface area contributed by atoms with Crippen LogP contribution in [0.5, 0.6) is 0 Å². The molecule has 1 aromatic heterocycles. The molecule has 3 rings (SSSR count). The minimum atomic E-state index is -1.00. The summed E-state index contributed by atoms with van der Waals surface area (Å²) in [4.78, 5) is 15.7. The Morgan fingerprint density at radius 2 is 2.36 bits per heavy atom. The van der Waals surface area contributed by atoms with E-state index in [1.165, 1.54) is 6.20 Å². The van der Waals surface area contributed by atoms with E-state index in [9.17, 15) is 9.90 Å². The van der Waals surface area contributed by atoms with Crippen LogP contribution in [-0.2, 0) is 4.74 Å². The van der Waals surface area contributed by atoms with Gasteiger partial charge >= 0.3 is 5.97 Å². The van der Waals surface area contributed by atoms with Gasteiger partial charge < -0.3 is 15.3 Å². The number of rotatable bonds is 3. The summed E-state index contributed by atoms with van der Waals surface area (Å²) in [5.74, 6) is -1.00. The van der Waals surface area contributed by atoms with E-state index in [4.69, 9.17) is 4.74 Å². The Balaban J connectivity index is 2.05. The number of hydrogen-bond donors (Lipinski definition) is 2. The molecule has 6 nitrogen and oxygen atoms in total. The van der Waals surface area contributed by atoms with Crippen molar-refractivity contribution in [3.05, 3.63) is 34.4 Å². The van der Waals surface area contributed by atoms with E-state index >= 15 is 0 Å². The molecule has 0 spiro atoms. The molecule has 2 heterocycles. The lowest BCUT2D eigenvalue weighted by Crippen LogP contribution is -2.44. The first-order valence-corrected chi connectivity index (χ1v) is 7.78. The Labute approximate surface area is 136 Å². The molecule has 1 atom stereocenters. The fraction of sp³-hybridized carbons (Fsp3) is 0.333. The Morgan fingerprint density at radius 1 is 1.55 bits per heavy atom. The van der Waals surface area contributed by atoms with Gasteiger partial charge in [-0.1, -0.05) is 15.9 Å². The molecule has 1 unspecified atom stereocenters. The summed E-state index contributed by atoms with van der Waals surface area (Å²) in [6.45, 7) is 3.99. The molecule has 0 bridgehead atoms. The highest BCUT2D eigenvalue weighted by Gasteiger charge is 2.21. The van der Waals surface area contributed by atoms with E-state index in [0.29, 0.717) is 25.4 Å². The maximum absolute atomic E-state index is 11.5. The maximum Gasteiger partial charge on any atom is 0.339 e. The summed E-state index contributed by atoms with van der Waals surface area (Å²) in [6, 6.07) is 5.62. The molecule has 1 fully saturated rings. The largest absolute Gasteiger partial charge is 0.478 e. The number of morpholine rings is 1. The van der Waals surface area contributed by atoms with Gasteiger partial charge in [0.05, 0.1) is 23.9 Å². The van der Waals surface area contributed by atoms with E-state index in [0.717, 1.165) is 15.4 Å². The zero-order valence-electron chi connectivity index (χ0n) is 12.0. The van der Waals surface area contributed by atoms with Crippen LogP contribution in [0.1, 0.15) is 17.3 Å². The van der Waals surface area contributed by atoms with Gasteiger partial charge in [0.25, 0.3) is 0 Å². The zero-order valence-corrected chi connectivity index (χ0v) is 13.6. The molecule has 0 aliphatic carbocycles. The Kier molecular flexibility index (Phi) is 4.28. The van der Waals surface area contributed by atoms with Crippen LogP contribution in [0.15, 0.2) is 28.9 Å². The highest BCUT2D eigenvalue weighted by atomic mass is 79.9. The number of anilines is 1. The molecule has 1 saturated heterocycles. The highest BCUT2D eigenvalue weighted by molar-refractivity contribution is 9.10. The van der Waals surface area contributed by atoms with Crippen molar-refractivity contribution < 1.29 is 14.6 Å². The number of pyridine rings is 1. The second kappa shape index (κ2) is 6.20. The zero-order chi connectivity index (χ0) is 15.7. The van der Waals surface area contributed by atoms with E-state index in [2.05, 4.69) is 26.3 Å². The van der Waals surface area contributed by atoms with Crippen LogP contribution in [0, 0.1) is 0 Å². The topological polar surface area (TPSA) is 74.7 Å². The van der Waals surface area contributed by atoms with Crippen molar-refractivity contribution in [3.8, 4) is 0 Å². The average molecular weight is 366 g/mol. The summed E-state index contributed by atoms with van der Waals surface area (Å²) >= 11 is 3.43. The third kappa shape index (κ3) is 3.06. The Bertz CT molecular complexity index is 722. The molecular weight excluding hydrogens is 350 g/mol. The van der Waals surface area contributed by atoms with Crippen molar-refractivity contribution in [2.24, 2.45) is 0 Å². The Morgan fingerprint density at radius 3 is 3.09 bits per heavy atom. The molecule has 7 heteroatoms. The monoisotopic (exact) mass is 365 g/mol. The molecule has 0 radical (unpaired) electrons. The second-order valence-electron chi connectivity index (χ2n) is 5.25. The first-order chi connectivity index (χ1) is 10.5. The van der Waals surface area contributed by atoms with Crippen molar-refractivity contribution >= 4 is 38.5 Å². The number of nitrogens with one attached hydrogen (secondary N) is 1. The summed E-state index contributed by atoms with van der Waals surface area (Å²) in [7, 11) is 0. The lowest BCUT2D eigenvalue weighted by atomic mass is 10.1. The van der Waals surface area contributed by atoms with Gasteiger partial charge in [-0.3, -0.25) is 4.98 Å². The van der Waals surface area contributed by atoms with Crippen LogP contribution < -0.4 is 5.43 Å². The number of carboxylic acids is 1. The molecule has 1 aliphatic rings. The first-order valence-electron chi connectivity index (χ1n) is 6.99. The number of benzene rings is 1. The van der Waals surface area contributed by atoms with Crippen LogP contribution in [0.2, 0.25) is 0 Å². The van der Waals surface area contributed by atoms with Gasteiger partial charge in [0.1, 0.15) is 5.56 Å². The number of aromatic carboxylic acids is 1. The number of nitrogens with zero attached hydrogens (tertiary/aromatic N) is 2. The summed E-state index contributed by atoms with van der Waals surface area (Å²) < 4.78 is 6.39. The molecule has 0 amide bonds. The third-order valence-electron chi connectivity index (χ3n) is 3.57. The average Bonchev–Trinajstić information content (AvgIpc) is 2.47. The fourth-order valence-corrected chi connectivity index (χ4v) is 2.89. The van der Waals surface area contributed by atoms with Crippen molar-refractivity contribution in [1.82, 2.24) is 9.99 Å². The highest BCUT2D eigenvalue weighted by Crippen LogP contribution is 2.29. The van der Waals surface area contributed by atoms with Gasteiger partial charge in [-0.25, -0.2) is 9.80 Å². The van der Waals surface area contributed by atoms with Crippen LogP contribution in [0.25, 0.3) is 10.9 Å². The lowest BCUT2D eigenvalue weighted by Gasteiger charge is -2.32. The number of halogens is 1. The van der Waals surface area contributed by atoms with Gasteiger partial charge in [-0.15, -0.1) is 0 Å². The molecule has 116 valence electrons. The number of hydrogen-bond acceptors (Lipinski definition) is 5. The molecule has 2 aromatic rings. The minimum absolute atomic E-state index is 0.106. The maximum atomic E-state index is 11.5. The van der Waals surface area contributed by atoms with Gasteiger partial charge in [0.2, 0.25) is 0 Å². The molecular formula is C15H16BrN3O3. The van der Waals surface area contributed by atoms with E-state index in [1.54, 1.807) is 0 Å². The predicted octanol–water partition coefficient (Wildman–Crippen LogP) is 2.74. The third-order valence-corrected chi connectivity index (χ3v) is 4.06. The van der Waals surface area contributed by atoms with E-state index < -0.39 is 5.97 Å². The molecule has 1 aliphatic heterocycles. The fourth-order valence-electron chi connectivity index (χ4n) is 2.53. The lowest BCUT2D eigenvalue weighted by molar-refractivity contribution is -0.00902. The first kappa shape index (κ1) is 15.2. The molecule has 22 heavy (non-hydrogen) atoms. The number of hydrazine groups is 1. The summed E-state index contributed by atoms with van der Waals surface area (Å²) in [5, 5.41) is 12.2. The number of carbonyl (C=O) groups is 1. The van der Waals surface area contributed by atoms with Crippen molar-refractivity contribution in [3.63, 3.8) is 0 Å². The van der Waals surface area contributed by atoms with Gasteiger partial charge in [-0.2, -0.15) is 0 Å². The molecule has 1 aromatic carbocycles. The van der Waals surface area contributed by atoms with Crippen molar-refractivity contribution in [1.29, 1.82) is 0 Å². The molecule has 0 saturated carbocycles. The number of carboxylic acid groups (broad SMARTS) is 1. The second-order valence-corrected chi connectivity index (χ2v) is 6.17. The SMILES string of the molecule is CC1CN(Nc2c(C(=O)O)cnc3ccc(Br)cc23)CCO1. The Hall–Kier alpha value is -1.70. The predicted molar refractivity (Wildman–Crippen MR) is 87.0 cm³/mol. The smallest absolute Gasteiger partial charge is 0.339 e. The quantitative estimate of drug-likeness (QED) is 0.870. The van der Waals surface area contributed by atoms with E-state index in [1.807, 2.05) is 30.1 Å². The summed E-state index contributed by atoms with van der Waals surface area (Å²) in [6.07, 6.45) is 1.50. The summed E-state index contributed by atoms with van der Waals surface area (Å²) in [5.41, 5.74) is 4.71. The number of fused-ring (bicyclic) bond motifs is 1. The van der Waals surface area contributed by atoms with Crippen LogP contribution in [-0.4, -0.2) is 46.9 Å². The van der Waals surface area contributed by atoms with Crippen LogP contribution >= 0.6 is 15.9 Å². The molecule has 2 N–H and O–H groups in total.